The summed E-state index contributed by atoms with van der Waals surface area (Å²) < 4.78 is 40.0. The molecule has 20 heavy (non-hydrogen) atoms. The molecule has 0 spiro atoms. The van der Waals surface area contributed by atoms with Crippen LogP contribution in [0, 0.1) is 5.92 Å². The number of aromatic nitrogens is 6. The second-order valence-corrected chi connectivity index (χ2v) is 4.52. The number of hydrogen-bond acceptors (Lipinski definition) is 5. The highest BCUT2D eigenvalue weighted by Crippen LogP contribution is 2.31. The maximum absolute atomic E-state index is 12.9. The Morgan fingerprint density at radius 1 is 1.35 bits per heavy atom. The Kier molecular flexibility index (Phi) is 3.55. The summed E-state index contributed by atoms with van der Waals surface area (Å²) in [6.45, 7) is 3.47. The Morgan fingerprint density at radius 2 is 2.05 bits per heavy atom. The van der Waals surface area contributed by atoms with E-state index < -0.39 is 17.9 Å². The first-order valence-electron chi connectivity index (χ1n) is 5.73. The highest BCUT2D eigenvalue weighted by Gasteiger charge is 2.39. The molecule has 0 aliphatic carbocycles. The standard InChI is InChI=1S/C10H11F3N6O/c1-6(2)5-7-8(10(11,12)13)15-17-19(7)9(20)18-4-3-14-16-18/h3-4,6H,5H2,1-2H3. The van der Waals surface area contributed by atoms with E-state index in [0.717, 1.165) is 4.68 Å². The SMILES string of the molecule is CC(C)Cc1c(C(F)(F)F)nnn1C(=O)n1ccnn1. The van der Waals surface area contributed by atoms with E-state index in [4.69, 9.17) is 0 Å². The maximum Gasteiger partial charge on any atom is 0.437 e. The lowest BCUT2D eigenvalue weighted by Gasteiger charge is -2.10. The van der Waals surface area contributed by atoms with Gasteiger partial charge in [0, 0.05) is 0 Å². The number of alkyl halides is 3. The van der Waals surface area contributed by atoms with Gasteiger partial charge in [-0.15, -0.1) is 10.2 Å². The third kappa shape index (κ3) is 2.68. The number of rotatable bonds is 2. The Morgan fingerprint density at radius 3 is 2.55 bits per heavy atom. The van der Waals surface area contributed by atoms with Crippen LogP contribution in [0.25, 0.3) is 0 Å². The summed E-state index contributed by atoms with van der Waals surface area (Å²) in [6.07, 6.45) is -2.19. The van der Waals surface area contributed by atoms with Gasteiger partial charge in [-0.3, -0.25) is 0 Å². The first-order chi connectivity index (χ1) is 9.30. The largest absolute Gasteiger partial charge is 0.437 e. The van der Waals surface area contributed by atoms with Gasteiger partial charge >= 0.3 is 12.2 Å². The average Bonchev–Trinajstić information content (AvgIpc) is 2.94. The molecule has 0 radical (unpaired) electrons. The van der Waals surface area contributed by atoms with E-state index >= 15 is 0 Å². The molecule has 2 aromatic rings. The van der Waals surface area contributed by atoms with Gasteiger partial charge in [0.15, 0.2) is 5.69 Å². The topological polar surface area (TPSA) is 78.5 Å². The molecule has 0 saturated heterocycles. The van der Waals surface area contributed by atoms with Gasteiger partial charge in [-0.25, -0.2) is 4.79 Å². The fourth-order valence-corrected chi connectivity index (χ4v) is 1.65. The summed E-state index contributed by atoms with van der Waals surface area (Å²) in [5.74, 6) is -0.100. The lowest BCUT2D eigenvalue weighted by atomic mass is 10.1. The van der Waals surface area contributed by atoms with E-state index in [1.54, 1.807) is 13.8 Å². The molecule has 2 rings (SSSR count). The fraction of sp³-hybridized carbons (Fsp3) is 0.500. The third-order valence-electron chi connectivity index (χ3n) is 2.43. The molecule has 0 atom stereocenters. The first-order valence-corrected chi connectivity index (χ1v) is 5.73. The zero-order valence-electron chi connectivity index (χ0n) is 10.7. The summed E-state index contributed by atoms with van der Waals surface area (Å²) in [5.41, 5.74) is -1.44. The second-order valence-electron chi connectivity index (χ2n) is 4.52. The number of carbonyl (C=O) groups is 1. The minimum absolute atomic E-state index is 0.0162. The van der Waals surface area contributed by atoms with E-state index in [1.807, 2.05) is 0 Å². The highest BCUT2D eigenvalue weighted by atomic mass is 19.4. The lowest BCUT2D eigenvalue weighted by molar-refractivity contribution is -0.141. The molecule has 0 amide bonds. The molecule has 0 aromatic carbocycles. The van der Waals surface area contributed by atoms with Gasteiger partial charge < -0.3 is 0 Å². The van der Waals surface area contributed by atoms with E-state index in [2.05, 4.69) is 20.6 Å². The zero-order valence-corrected chi connectivity index (χ0v) is 10.7. The van der Waals surface area contributed by atoms with Crippen molar-refractivity contribution in [1.29, 1.82) is 0 Å². The summed E-state index contributed by atoms with van der Waals surface area (Å²) >= 11 is 0. The molecule has 0 unspecified atom stereocenters. The van der Waals surface area contributed by atoms with Gasteiger partial charge in [0.25, 0.3) is 0 Å². The number of hydrogen-bond donors (Lipinski definition) is 0. The Labute approximate surface area is 111 Å². The molecule has 0 N–H and O–H groups in total. The monoisotopic (exact) mass is 288 g/mol. The minimum atomic E-state index is -4.66. The van der Waals surface area contributed by atoms with Crippen LogP contribution in [0.3, 0.4) is 0 Å². The number of nitrogens with zero attached hydrogens (tertiary/aromatic N) is 6. The minimum Gasteiger partial charge on any atom is -0.243 e. The van der Waals surface area contributed by atoms with Crippen molar-refractivity contribution in [1.82, 2.24) is 30.0 Å². The van der Waals surface area contributed by atoms with E-state index in [9.17, 15) is 18.0 Å². The summed E-state index contributed by atoms with van der Waals surface area (Å²) in [5, 5.41) is 13.2. The molecule has 108 valence electrons. The fourth-order valence-electron chi connectivity index (χ4n) is 1.65. The molecule has 0 bridgehead atoms. The van der Waals surface area contributed by atoms with Crippen LogP contribution in [0.1, 0.15) is 25.2 Å². The van der Waals surface area contributed by atoms with Crippen LogP contribution in [-0.2, 0) is 12.6 Å². The predicted molar refractivity (Wildman–Crippen MR) is 59.8 cm³/mol. The van der Waals surface area contributed by atoms with Crippen molar-refractivity contribution in [3.8, 4) is 0 Å². The van der Waals surface area contributed by atoms with Crippen LogP contribution < -0.4 is 0 Å². The van der Waals surface area contributed by atoms with Crippen LogP contribution in [0.2, 0.25) is 0 Å². The van der Waals surface area contributed by atoms with Crippen LogP contribution in [0.4, 0.5) is 18.0 Å². The predicted octanol–water partition coefficient (Wildman–Crippen LogP) is 1.60. The van der Waals surface area contributed by atoms with Crippen LogP contribution in [-0.4, -0.2) is 36.0 Å². The maximum atomic E-state index is 12.9. The summed E-state index contributed by atoms with van der Waals surface area (Å²) in [7, 11) is 0. The molecular weight excluding hydrogens is 277 g/mol. The number of halogens is 3. The van der Waals surface area contributed by atoms with Gasteiger partial charge in [-0.05, 0) is 12.3 Å². The molecule has 0 aliphatic rings. The smallest absolute Gasteiger partial charge is 0.243 e. The lowest BCUT2D eigenvalue weighted by Crippen LogP contribution is -2.25. The molecule has 0 fully saturated rings. The van der Waals surface area contributed by atoms with Crippen molar-refractivity contribution in [3.63, 3.8) is 0 Å². The molecule has 10 heteroatoms. The molecule has 0 saturated carbocycles. The van der Waals surface area contributed by atoms with Gasteiger partial charge in [0.05, 0.1) is 18.1 Å². The molecule has 2 aromatic heterocycles. The van der Waals surface area contributed by atoms with Gasteiger partial charge in [0.2, 0.25) is 0 Å². The van der Waals surface area contributed by atoms with Gasteiger partial charge in [0.1, 0.15) is 0 Å². The van der Waals surface area contributed by atoms with Crippen molar-refractivity contribution in [2.75, 3.05) is 0 Å². The normalized spacial score (nSPS) is 12.1. The van der Waals surface area contributed by atoms with Crippen LogP contribution >= 0.6 is 0 Å². The van der Waals surface area contributed by atoms with Gasteiger partial charge in [-0.2, -0.15) is 22.5 Å². The summed E-state index contributed by atoms with van der Waals surface area (Å²) in [4.78, 5) is 12.0. The van der Waals surface area contributed by atoms with Crippen molar-refractivity contribution >= 4 is 6.03 Å². The van der Waals surface area contributed by atoms with Crippen molar-refractivity contribution in [3.05, 3.63) is 23.8 Å². The first kappa shape index (κ1) is 14.2. The average molecular weight is 288 g/mol. The Hall–Kier alpha value is -2.26. The van der Waals surface area contributed by atoms with Crippen molar-refractivity contribution in [2.24, 2.45) is 5.92 Å². The van der Waals surface area contributed by atoms with E-state index in [0.29, 0.717) is 4.68 Å². The molecular formula is C10H11F3N6O. The third-order valence-corrected chi connectivity index (χ3v) is 2.43. The van der Waals surface area contributed by atoms with Crippen molar-refractivity contribution in [2.45, 2.75) is 26.4 Å². The molecule has 7 nitrogen and oxygen atoms in total. The number of carbonyl (C=O) groups excluding carboxylic acids is 1. The highest BCUT2D eigenvalue weighted by molar-refractivity contribution is 5.77. The van der Waals surface area contributed by atoms with Crippen LogP contribution in [0.5, 0.6) is 0 Å². The van der Waals surface area contributed by atoms with Gasteiger partial charge in [-0.1, -0.05) is 24.3 Å². The van der Waals surface area contributed by atoms with E-state index in [1.165, 1.54) is 12.4 Å². The molecule has 0 aliphatic heterocycles. The Bertz CT molecular complexity index is 601. The Balaban J connectivity index is 2.48. The van der Waals surface area contributed by atoms with E-state index in [-0.39, 0.29) is 18.0 Å². The van der Waals surface area contributed by atoms with Crippen LogP contribution in [0.15, 0.2) is 12.4 Å². The molecule has 2 heterocycles. The second kappa shape index (κ2) is 5.02. The summed E-state index contributed by atoms with van der Waals surface area (Å²) in [6, 6.07) is -0.860. The quantitative estimate of drug-likeness (QED) is 0.838. The zero-order chi connectivity index (χ0) is 14.9. The van der Waals surface area contributed by atoms with Crippen molar-refractivity contribution < 1.29 is 18.0 Å².